The van der Waals surface area contributed by atoms with Gasteiger partial charge in [-0.3, -0.25) is 0 Å². The van der Waals surface area contributed by atoms with Crippen molar-refractivity contribution in [2.45, 2.75) is 80.1 Å². The Labute approximate surface area is 144 Å². The Balaban J connectivity index is -0.000000172. The molecule has 0 heterocycles. The van der Waals surface area contributed by atoms with E-state index in [1.807, 2.05) is 20.6 Å². The van der Waals surface area contributed by atoms with Crippen LogP contribution < -0.4 is 4.74 Å². The smallest absolute Gasteiger partial charge is 0.119 e. The van der Waals surface area contributed by atoms with Gasteiger partial charge in [-0.05, 0) is 30.5 Å². The highest BCUT2D eigenvalue weighted by molar-refractivity contribution is 5.27. The molecule has 0 fully saturated rings. The highest BCUT2D eigenvalue weighted by atomic mass is 16.5. The summed E-state index contributed by atoms with van der Waals surface area (Å²) in [7, 11) is 0. The molecular weight excluding hydrogens is 288 g/mol. The molecule has 1 rings (SSSR count). The van der Waals surface area contributed by atoms with Gasteiger partial charge in [0.25, 0.3) is 0 Å². The molecule has 0 radical (unpaired) electrons. The number of rotatable bonds is 7. The molecule has 0 aliphatic carbocycles. The van der Waals surface area contributed by atoms with Crippen molar-refractivity contribution in [3.8, 4) is 5.75 Å². The van der Waals surface area contributed by atoms with E-state index in [-0.39, 0.29) is 5.48 Å². The number of unbranched alkanes of at least 4 members (excludes halogenated alkanes) is 3. The first kappa shape index (κ1) is 29.6. The predicted octanol–water partition coefficient (Wildman–Crippen LogP) is 5.64. The first-order valence-electron chi connectivity index (χ1n) is 8.78. The van der Waals surface area contributed by atoms with Gasteiger partial charge >= 0.3 is 0 Å². The van der Waals surface area contributed by atoms with E-state index in [2.05, 4.69) is 52.0 Å². The minimum absolute atomic E-state index is 0. The third-order valence-electron chi connectivity index (χ3n) is 2.85. The Kier molecular flexibility index (Phi) is 37.1. The van der Waals surface area contributed by atoms with Crippen molar-refractivity contribution in [1.82, 2.24) is 0 Å². The molecule has 0 aliphatic rings. The quantitative estimate of drug-likeness (QED) is 0.608. The third-order valence-corrected chi connectivity index (χ3v) is 2.85. The molecule has 0 amide bonds. The lowest BCUT2D eigenvalue weighted by Crippen LogP contribution is -1.96. The van der Waals surface area contributed by atoms with Crippen LogP contribution in [0.15, 0.2) is 24.3 Å². The summed E-state index contributed by atoms with van der Waals surface area (Å²) >= 11 is 0. The maximum atomic E-state index is 8.00. The Bertz CT molecular complexity index is 281. The van der Waals surface area contributed by atoms with Crippen LogP contribution in [0.1, 0.15) is 79.2 Å². The second-order valence-electron chi connectivity index (χ2n) is 4.55. The van der Waals surface area contributed by atoms with E-state index in [0.29, 0.717) is 0 Å². The molecule has 0 unspecified atom stereocenters. The van der Waals surface area contributed by atoms with E-state index in [1.165, 1.54) is 31.2 Å². The molecule has 0 aromatic heterocycles. The average molecular weight is 329 g/mol. The molecule has 2 N–H and O–H groups in total. The Morgan fingerprint density at radius 2 is 1.30 bits per heavy atom. The summed E-state index contributed by atoms with van der Waals surface area (Å²) in [4.78, 5) is 8.00. The van der Waals surface area contributed by atoms with E-state index >= 15 is 0 Å². The molecular formula is C20H40O3. The van der Waals surface area contributed by atoms with Crippen molar-refractivity contribution in [2.75, 3.05) is 6.61 Å². The summed E-state index contributed by atoms with van der Waals surface area (Å²) in [6.07, 6.45) is 7.40. The summed E-state index contributed by atoms with van der Waals surface area (Å²) in [5.74, 6) is 0.998. The zero-order valence-corrected chi connectivity index (χ0v) is 16.3. The van der Waals surface area contributed by atoms with Gasteiger partial charge in [-0.1, -0.05) is 79.4 Å². The molecule has 1 aromatic carbocycles. The molecule has 0 aliphatic heterocycles. The van der Waals surface area contributed by atoms with Crippen LogP contribution in [0.5, 0.6) is 5.75 Å². The highest BCUT2D eigenvalue weighted by Gasteiger charge is 1.93. The van der Waals surface area contributed by atoms with Crippen LogP contribution in [0.25, 0.3) is 0 Å². The van der Waals surface area contributed by atoms with Gasteiger partial charge in [-0.15, -0.1) is 0 Å². The van der Waals surface area contributed by atoms with E-state index in [9.17, 15) is 0 Å². The van der Waals surface area contributed by atoms with Gasteiger partial charge in [0.2, 0.25) is 0 Å². The Morgan fingerprint density at radius 1 is 0.826 bits per heavy atom. The first-order valence-corrected chi connectivity index (χ1v) is 8.78. The lowest BCUT2D eigenvalue weighted by Gasteiger charge is -2.05. The zero-order valence-electron chi connectivity index (χ0n) is 16.3. The van der Waals surface area contributed by atoms with Gasteiger partial charge in [-0.25, -0.2) is 0 Å². The van der Waals surface area contributed by atoms with E-state index in [0.717, 1.165) is 25.2 Å². The SMILES string of the molecule is C=O.CC.CCCC.CCCCCOc1ccc(CC)cc1.O. The molecule has 0 saturated heterocycles. The van der Waals surface area contributed by atoms with Gasteiger partial charge in [0, 0.05) is 0 Å². The Morgan fingerprint density at radius 3 is 1.65 bits per heavy atom. The van der Waals surface area contributed by atoms with E-state index in [1.54, 1.807) is 0 Å². The molecule has 0 bridgehead atoms. The molecule has 0 atom stereocenters. The van der Waals surface area contributed by atoms with Gasteiger partial charge < -0.3 is 15.0 Å². The standard InChI is InChI=1S/C13H20O.C4H10.C2H6.CH2O.H2O/c1-3-5-6-11-14-13-9-7-12(4-2)8-10-13;1-3-4-2;2*1-2;/h7-10H,3-6,11H2,1-2H3;3-4H2,1-2H3;1-2H3;1H2;1H2. The fourth-order valence-corrected chi connectivity index (χ4v) is 1.36. The van der Waals surface area contributed by atoms with Crippen LogP contribution >= 0.6 is 0 Å². The van der Waals surface area contributed by atoms with Crippen LogP contribution in [0.2, 0.25) is 0 Å². The predicted molar refractivity (Wildman–Crippen MR) is 104 cm³/mol. The average Bonchev–Trinajstić information content (AvgIpc) is 2.63. The normalized spacial score (nSPS) is 7.91. The fraction of sp³-hybridized carbons (Fsp3) is 0.650. The summed E-state index contributed by atoms with van der Waals surface area (Å²) in [6, 6.07) is 8.39. The van der Waals surface area contributed by atoms with Crippen molar-refractivity contribution in [2.24, 2.45) is 0 Å². The number of carbonyl (C=O) groups is 1. The lowest BCUT2D eigenvalue weighted by atomic mass is 10.2. The summed E-state index contributed by atoms with van der Waals surface area (Å²) < 4.78 is 5.61. The molecule has 0 saturated carbocycles. The molecule has 0 spiro atoms. The molecule has 3 heteroatoms. The third kappa shape index (κ3) is 23.1. The highest BCUT2D eigenvalue weighted by Crippen LogP contribution is 2.12. The van der Waals surface area contributed by atoms with Crippen LogP contribution in [0.4, 0.5) is 0 Å². The van der Waals surface area contributed by atoms with Crippen LogP contribution in [-0.2, 0) is 11.2 Å². The monoisotopic (exact) mass is 328 g/mol. The van der Waals surface area contributed by atoms with Crippen LogP contribution in [-0.4, -0.2) is 18.9 Å². The second-order valence-corrected chi connectivity index (χ2v) is 4.55. The summed E-state index contributed by atoms with van der Waals surface area (Å²) in [5.41, 5.74) is 1.37. The molecule has 23 heavy (non-hydrogen) atoms. The van der Waals surface area contributed by atoms with Gasteiger partial charge in [-0.2, -0.15) is 0 Å². The molecule has 3 nitrogen and oxygen atoms in total. The van der Waals surface area contributed by atoms with Gasteiger partial charge in [0.1, 0.15) is 12.5 Å². The minimum Gasteiger partial charge on any atom is -0.494 e. The second kappa shape index (κ2) is 28.8. The summed E-state index contributed by atoms with van der Waals surface area (Å²) in [6.45, 7) is 15.6. The molecule has 138 valence electrons. The van der Waals surface area contributed by atoms with E-state index in [4.69, 9.17) is 9.53 Å². The maximum Gasteiger partial charge on any atom is 0.119 e. The van der Waals surface area contributed by atoms with Gasteiger partial charge in [0.15, 0.2) is 0 Å². The molecule has 1 aromatic rings. The first-order chi connectivity index (χ1) is 10.8. The number of hydrogen-bond donors (Lipinski definition) is 0. The Hall–Kier alpha value is -1.35. The number of aryl methyl sites for hydroxylation is 1. The zero-order chi connectivity index (χ0) is 17.6. The van der Waals surface area contributed by atoms with Crippen molar-refractivity contribution >= 4 is 6.79 Å². The maximum absolute atomic E-state index is 8.00. The summed E-state index contributed by atoms with van der Waals surface area (Å²) in [5, 5.41) is 0. The number of carbonyl (C=O) groups excluding carboxylic acids is 1. The fourth-order valence-electron chi connectivity index (χ4n) is 1.36. The van der Waals surface area contributed by atoms with Gasteiger partial charge in [0.05, 0.1) is 6.61 Å². The topological polar surface area (TPSA) is 57.8 Å². The number of benzene rings is 1. The number of hydrogen-bond acceptors (Lipinski definition) is 2. The van der Waals surface area contributed by atoms with Crippen LogP contribution in [0.3, 0.4) is 0 Å². The van der Waals surface area contributed by atoms with Crippen molar-refractivity contribution < 1.29 is 15.0 Å². The van der Waals surface area contributed by atoms with Crippen molar-refractivity contribution in [3.05, 3.63) is 29.8 Å². The van der Waals surface area contributed by atoms with Crippen LogP contribution in [0, 0.1) is 0 Å². The minimum atomic E-state index is 0. The van der Waals surface area contributed by atoms with E-state index < -0.39 is 0 Å². The number of ether oxygens (including phenoxy) is 1. The van der Waals surface area contributed by atoms with Crippen molar-refractivity contribution in [3.63, 3.8) is 0 Å². The lowest BCUT2D eigenvalue weighted by molar-refractivity contribution is -0.0979. The largest absolute Gasteiger partial charge is 0.494 e. The van der Waals surface area contributed by atoms with Crippen molar-refractivity contribution in [1.29, 1.82) is 0 Å².